The van der Waals surface area contributed by atoms with Crippen molar-refractivity contribution in [3.05, 3.63) is 52.0 Å². The topological polar surface area (TPSA) is 44.5 Å². The summed E-state index contributed by atoms with van der Waals surface area (Å²) in [5.74, 6) is 1.56. The molecule has 0 aliphatic rings. The van der Waals surface area contributed by atoms with Crippen LogP contribution < -0.4 is 15.2 Å². The molecule has 0 spiro atoms. The minimum atomic E-state index is 0.229. The fourth-order valence-corrected chi connectivity index (χ4v) is 2.21. The molecule has 0 bridgehead atoms. The van der Waals surface area contributed by atoms with Gasteiger partial charge in [0.2, 0.25) is 0 Å². The van der Waals surface area contributed by atoms with Crippen molar-refractivity contribution in [1.29, 1.82) is 0 Å². The van der Waals surface area contributed by atoms with Gasteiger partial charge in [0.05, 0.1) is 17.7 Å². The van der Waals surface area contributed by atoms with Gasteiger partial charge in [0.25, 0.3) is 0 Å². The SMILES string of the molecule is COc1ccc(C(N)=S)c(Oc2ccc(Cl)cc2Cl)c1. The lowest BCUT2D eigenvalue weighted by Gasteiger charge is -2.13. The van der Waals surface area contributed by atoms with Crippen LogP contribution in [0.4, 0.5) is 0 Å². The summed E-state index contributed by atoms with van der Waals surface area (Å²) < 4.78 is 10.9. The van der Waals surface area contributed by atoms with Gasteiger partial charge in [0.15, 0.2) is 0 Å². The number of methoxy groups -OCH3 is 1. The molecule has 2 rings (SSSR count). The summed E-state index contributed by atoms with van der Waals surface area (Å²) in [6, 6.07) is 10.1. The van der Waals surface area contributed by atoms with E-state index in [4.69, 9.17) is 50.6 Å². The Morgan fingerprint density at radius 3 is 2.45 bits per heavy atom. The standard InChI is InChI=1S/C14H11Cl2NO2S/c1-18-9-3-4-10(14(17)20)13(7-9)19-12-5-2-8(15)6-11(12)16/h2-7H,1H3,(H2,17,20). The summed E-state index contributed by atoms with van der Waals surface area (Å²) >= 11 is 16.9. The molecule has 0 amide bonds. The van der Waals surface area contributed by atoms with E-state index in [-0.39, 0.29) is 4.99 Å². The van der Waals surface area contributed by atoms with E-state index in [9.17, 15) is 0 Å². The zero-order chi connectivity index (χ0) is 14.7. The quantitative estimate of drug-likeness (QED) is 0.844. The van der Waals surface area contributed by atoms with Gasteiger partial charge >= 0.3 is 0 Å². The third-order valence-corrected chi connectivity index (χ3v) is 3.32. The molecule has 0 atom stereocenters. The molecule has 0 saturated heterocycles. The highest BCUT2D eigenvalue weighted by molar-refractivity contribution is 7.80. The first kappa shape index (κ1) is 14.9. The molecule has 0 unspecified atom stereocenters. The largest absolute Gasteiger partial charge is 0.497 e. The van der Waals surface area contributed by atoms with Gasteiger partial charge in [-0.05, 0) is 30.3 Å². The zero-order valence-corrected chi connectivity index (χ0v) is 12.9. The first-order chi connectivity index (χ1) is 9.51. The summed E-state index contributed by atoms with van der Waals surface area (Å²) in [5, 5.41) is 0.928. The molecule has 2 aromatic carbocycles. The Kier molecular flexibility index (Phi) is 4.70. The van der Waals surface area contributed by atoms with Gasteiger partial charge in [-0.1, -0.05) is 35.4 Å². The Morgan fingerprint density at radius 2 is 1.85 bits per heavy atom. The summed E-state index contributed by atoms with van der Waals surface area (Å²) in [7, 11) is 1.56. The molecule has 0 saturated carbocycles. The van der Waals surface area contributed by atoms with Crippen LogP contribution in [0.5, 0.6) is 17.2 Å². The normalized spacial score (nSPS) is 10.2. The summed E-state index contributed by atoms with van der Waals surface area (Å²) in [6.45, 7) is 0. The van der Waals surface area contributed by atoms with E-state index in [0.29, 0.717) is 32.9 Å². The maximum absolute atomic E-state index is 6.08. The number of hydrogen-bond donors (Lipinski definition) is 1. The van der Waals surface area contributed by atoms with Crippen LogP contribution in [-0.2, 0) is 0 Å². The molecule has 0 aliphatic carbocycles. The van der Waals surface area contributed by atoms with Crippen molar-refractivity contribution in [1.82, 2.24) is 0 Å². The molecule has 0 heterocycles. The van der Waals surface area contributed by atoms with Crippen molar-refractivity contribution in [2.24, 2.45) is 5.73 Å². The average molecular weight is 328 g/mol. The van der Waals surface area contributed by atoms with Gasteiger partial charge in [-0.25, -0.2) is 0 Å². The van der Waals surface area contributed by atoms with Gasteiger partial charge in [-0.3, -0.25) is 0 Å². The second-order valence-electron chi connectivity index (χ2n) is 3.90. The van der Waals surface area contributed by atoms with E-state index >= 15 is 0 Å². The van der Waals surface area contributed by atoms with Crippen molar-refractivity contribution in [2.75, 3.05) is 7.11 Å². The van der Waals surface area contributed by atoms with Gasteiger partial charge in [0, 0.05) is 11.1 Å². The molecule has 104 valence electrons. The number of benzene rings is 2. The van der Waals surface area contributed by atoms with Crippen LogP contribution in [0.15, 0.2) is 36.4 Å². The lowest BCUT2D eigenvalue weighted by atomic mass is 10.2. The first-order valence-corrected chi connectivity index (χ1v) is 6.78. The van der Waals surface area contributed by atoms with Gasteiger partial charge in [0.1, 0.15) is 22.2 Å². The molecule has 6 heteroatoms. The van der Waals surface area contributed by atoms with E-state index in [0.717, 1.165) is 0 Å². The monoisotopic (exact) mass is 327 g/mol. The number of nitrogens with two attached hydrogens (primary N) is 1. The number of ether oxygens (including phenoxy) is 2. The van der Waals surface area contributed by atoms with Crippen LogP contribution >= 0.6 is 35.4 Å². The molecule has 0 aliphatic heterocycles. The first-order valence-electron chi connectivity index (χ1n) is 5.62. The van der Waals surface area contributed by atoms with Gasteiger partial charge in [-0.15, -0.1) is 0 Å². The Morgan fingerprint density at radius 1 is 1.10 bits per heavy atom. The van der Waals surface area contributed by atoms with Crippen molar-refractivity contribution in [3.8, 4) is 17.2 Å². The van der Waals surface area contributed by atoms with Crippen molar-refractivity contribution in [3.63, 3.8) is 0 Å². The summed E-state index contributed by atoms with van der Waals surface area (Å²) in [4.78, 5) is 0.229. The minimum Gasteiger partial charge on any atom is -0.497 e. The highest BCUT2D eigenvalue weighted by Gasteiger charge is 2.11. The van der Waals surface area contributed by atoms with Crippen LogP contribution in [0.25, 0.3) is 0 Å². The second-order valence-corrected chi connectivity index (χ2v) is 5.19. The Hall–Kier alpha value is -1.49. The van der Waals surface area contributed by atoms with E-state index in [1.807, 2.05) is 0 Å². The molecule has 3 nitrogen and oxygen atoms in total. The number of rotatable bonds is 4. The van der Waals surface area contributed by atoms with Crippen LogP contribution in [0.2, 0.25) is 10.0 Å². The number of halogens is 2. The molecule has 2 aromatic rings. The zero-order valence-electron chi connectivity index (χ0n) is 10.5. The van der Waals surface area contributed by atoms with E-state index < -0.39 is 0 Å². The lowest BCUT2D eigenvalue weighted by molar-refractivity contribution is 0.409. The Bertz CT molecular complexity index is 662. The molecule has 0 radical (unpaired) electrons. The maximum Gasteiger partial charge on any atom is 0.146 e. The van der Waals surface area contributed by atoms with E-state index in [1.165, 1.54) is 0 Å². The van der Waals surface area contributed by atoms with Gasteiger partial charge in [-0.2, -0.15) is 0 Å². The van der Waals surface area contributed by atoms with E-state index in [1.54, 1.807) is 43.5 Å². The predicted molar refractivity (Wildman–Crippen MR) is 85.4 cm³/mol. The van der Waals surface area contributed by atoms with Crippen molar-refractivity contribution in [2.45, 2.75) is 0 Å². The van der Waals surface area contributed by atoms with Crippen LogP contribution in [-0.4, -0.2) is 12.1 Å². The highest BCUT2D eigenvalue weighted by Crippen LogP contribution is 2.34. The van der Waals surface area contributed by atoms with E-state index in [2.05, 4.69) is 0 Å². The third-order valence-electron chi connectivity index (χ3n) is 2.57. The molecular formula is C14H11Cl2NO2S. The molecule has 0 fully saturated rings. The molecule has 0 aromatic heterocycles. The molecular weight excluding hydrogens is 317 g/mol. The van der Waals surface area contributed by atoms with Crippen LogP contribution in [0.1, 0.15) is 5.56 Å². The minimum absolute atomic E-state index is 0.229. The second kappa shape index (κ2) is 6.31. The highest BCUT2D eigenvalue weighted by atomic mass is 35.5. The fourth-order valence-electron chi connectivity index (χ4n) is 1.59. The number of hydrogen-bond acceptors (Lipinski definition) is 3. The number of thiocarbonyl (C=S) groups is 1. The maximum atomic E-state index is 6.08. The Balaban J connectivity index is 2.43. The van der Waals surface area contributed by atoms with Crippen molar-refractivity contribution >= 4 is 40.4 Å². The smallest absolute Gasteiger partial charge is 0.146 e. The average Bonchev–Trinajstić information content (AvgIpc) is 2.41. The Labute approximate surface area is 132 Å². The molecule has 20 heavy (non-hydrogen) atoms. The third kappa shape index (κ3) is 3.33. The fraction of sp³-hybridized carbons (Fsp3) is 0.0714. The van der Waals surface area contributed by atoms with Crippen LogP contribution in [0, 0.1) is 0 Å². The van der Waals surface area contributed by atoms with Crippen molar-refractivity contribution < 1.29 is 9.47 Å². The molecule has 2 N–H and O–H groups in total. The predicted octanol–water partition coefficient (Wildman–Crippen LogP) is 4.43. The summed E-state index contributed by atoms with van der Waals surface area (Å²) in [6.07, 6.45) is 0. The summed E-state index contributed by atoms with van der Waals surface area (Å²) in [5.41, 5.74) is 6.28. The van der Waals surface area contributed by atoms with Gasteiger partial charge < -0.3 is 15.2 Å². The lowest BCUT2D eigenvalue weighted by Crippen LogP contribution is -2.10. The van der Waals surface area contributed by atoms with Crippen LogP contribution in [0.3, 0.4) is 0 Å².